The summed E-state index contributed by atoms with van der Waals surface area (Å²) in [6, 6.07) is 21.5. The van der Waals surface area contributed by atoms with E-state index in [1.54, 1.807) is 21.3 Å². The van der Waals surface area contributed by atoms with Gasteiger partial charge in [-0.3, -0.25) is 9.69 Å². The van der Waals surface area contributed by atoms with Gasteiger partial charge in [-0.1, -0.05) is 48.5 Å². The van der Waals surface area contributed by atoms with Crippen molar-refractivity contribution in [2.75, 3.05) is 34.4 Å². The number of ether oxygens (including phenoxy) is 4. The molecule has 3 aromatic rings. The summed E-state index contributed by atoms with van der Waals surface area (Å²) in [6.45, 7) is 1.62. The minimum atomic E-state index is -0.767. The van der Waals surface area contributed by atoms with Crippen molar-refractivity contribution in [1.82, 2.24) is 4.90 Å². The first-order valence-electron chi connectivity index (χ1n) is 12.1. The van der Waals surface area contributed by atoms with Gasteiger partial charge in [-0.15, -0.1) is 0 Å². The standard InChI is InChI=1S/C29H33NO6/c1-33-25-16-22(17-26(34-2)28(25)35-3)27(30-15-9-12-21(18-30)29(31)32)23-13-7-8-14-24(23)36-19-20-10-5-4-6-11-20/h4-8,10-11,13-14,16-17,21,27H,9,12,15,18-19H2,1-3H3,(H,31,32). The van der Waals surface area contributed by atoms with E-state index >= 15 is 0 Å². The first-order valence-corrected chi connectivity index (χ1v) is 12.1. The SMILES string of the molecule is COc1cc(C(c2ccccc2OCc2ccccc2)N2CCCC(C(=O)O)C2)cc(OC)c1OC. The number of methoxy groups -OCH3 is 3. The maximum atomic E-state index is 11.9. The van der Waals surface area contributed by atoms with E-state index in [0.29, 0.717) is 36.8 Å². The molecule has 0 amide bonds. The molecule has 36 heavy (non-hydrogen) atoms. The Hall–Kier alpha value is -3.71. The van der Waals surface area contributed by atoms with Crippen molar-refractivity contribution < 1.29 is 28.8 Å². The zero-order chi connectivity index (χ0) is 25.5. The Bertz CT molecular complexity index is 1140. The van der Waals surface area contributed by atoms with E-state index in [1.165, 1.54) is 0 Å². The van der Waals surface area contributed by atoms with Crippen molar-refractivity contribution >= 4 is 5.97 Å². The monoisotopic (exact) mass is 491 g/mol. The number of likely N-dealkylation sites (tertiary alicyclic amines) is 1. The Morgan fingerprint density at radius 2 is 1.61 bits per heavy atom. The number of benzene rings is 3. The van der Waals surface area contributed by atoms with Crippen LogP contribution in [-0.4, -0.2) is 50.4 Å². The highest BCUT2D eigenvalue weighted by atomic mass is 16.5. The average molecular weight is 492 g/mol. The van der Waals surface area contributed by atoms with E-state index < -0.39 is 11.9 Å². The summed E-state index contributed by atoms with van der Waals surface area (Å²) in [5.41, 5.74) is 2.93. The van der Waals surface area contributed by atoms with Crippen LogP contribution in [0.1, 0.15) is 35.6 Å². The summed E-state index contributed by atoms with van der Waals surface area (Å²) in [7, 11) is 4.76. The molecular weight excluding hydrogens is 458 g/mol. The highest BCUT2D eigenvalue weighted by molar-refractivity contribution is 5.70. The normalized spacial score (nSPS) is 16.7. The van der Waals surface area contributed by atoms with Crippen LogP contribution in [0.15, 0.2) is 66.7 Å². The van der Waals surface area contributed by atoms with E-state index in [1.807, 2.05) is 66.7 Å². The predicted octanol–water partition coefficient (Wildman–Crippen LogP) is 5.18. The number of carbonyl (C=O) groups is 1. The Balaban J connectivity index is 1.79. The van der Waals surface area contributed by atoms with Gasteiger partial charge in [0.2, 0.25) is 5.75 Å². The molecule has 1 N–H and O–H groups in total. The quantitative estimate of drug-likeness (QED) is 0.419. The number of hydrogen-bond donors (Lipinski definition) is 1. The van der Waals surface area contributed by atoms with Crippen LogP contribution >= 0.6 is 0 Å². The van der Waals surface area contributed by atoms with Gasteiger partial charge >= 0.3 is 5.97 Å². The summed E-state index contributed by atoms with van der Waals surface area (Å²) >= 11 is 0. The van der Waals surface area contributed by atoms with Crippen LogP contribution in [-0.2, 0) is 11.4 Å². The Morgan fingerprint density at radius 3 is 2.25 bits per heavy atom. The van der Waals surface area contributed by atoms with Gasteiger partial charge in [0, 0.05) is 12.1 Å². The maximum Gasteiger partial charge on any atom is 0.307 e. The molecule has 0 aromatic heterocycles. The van der Waals surface area contributed by atoms with Crippen LogP contribution in [0, 0.1) is 5.92 Å². The van der Waals surface area contributed by atoms with Crippen molar-refractivity contribution in [2.45, 2.75) is 25.5 Å². The van der Waals surface area contributed by atoms with Gasteiger partial charge in [0.05, 0.1) is 33.3 Å². The number of para-hydroxylation sites is 1. The highest BCUT2D eigenvalue weighted by Gasteiger charge is 2.33. The van der Waals surface area contributed by atoms with E-state index in [2.05, 4.69) is 4.90 Å². The minimum absolute atomic E-state index is 0.271. The lowest BCUT2D eigenvalue weighted by Crippen LogP contribution is -2.41. The van der Waals surface area contributed by atoms with E-state index in [-0.39, 0.29) is 6.04 Å². The molecule has 1 saturated heterocycles. The first-order chi connectivity index (χ1) is 17.5. The molecule has 0 radical (unpaired) electrons. The molecule has 7 heteroatoms. The summed E-state index contributed by atoms with van der Waals surface area (Å²) in [6.07, 6.45) is 1.46. The lowest BCUT2D eigenvalue weighted by molar-refractivity contribution is -0.143. The number of nitrogens with zero attached hydrogens (tertiary/aromatic N) is 1. The fraction of sp³-hybridized carbons (Fsp3) is 0.345. The second kappa shape index (κ2) is 11.8. The number of carboxylic acid groups (broad SMARTS) is 1. The Morgan fingerprint density at radius 1 is 0.944 bits per heavy atom. The van der Waals surface area contributed by atoms with Crippen LogP contribution in [0.3, 0.4) is 0 Å². The lowest BCUT2D eigenvalue weighted by atomic mass is 9.90. The third-order valence-electron chi connectivity index (χ3n) is 6.62. The Kier molecular flexibility index (Phi) is 8.33. The molecule has 1 aliphatic rings. The second-order valence-electron chi connectivity index (χ2n) is 8.85. The molecule has 1 fully saturated rings. The summed E-state index contributed by atoms with van der Waals surface area (Å²) < 4.78 is 23.1. The van der Waals surface area contributed by atoms with Crippen LogP contribution in [0.5, 0.6) is 23.0 Å². The molecule has 190 valence electrons. The van der Waals surface area contributed by atoms with Crippen molar-refractivity contribution in [1.29, 1.82) is 0 Å². The molecule has 1 heterocycles. The van der Waals surface area contributed by atoms with Gasteiger partial charge in [0.25, 0.3) is 0 Å². The van der Waals surface area contributed by atoms with Crippen LogP contribution in [0.25, 0.3) is 0 Å². The smallest absolute Gasteiger partial charge is 0.307 e. The number of piperidine rings is 1. The third-order valence-corrected chi connectivity index (χ3v) is 6.62. The fourth-order valence-corrected chi connectivity index (χ4v) is 4.86. The zero-order valence-corrected chi connectivity index (χ0v) is 21.0. The first kappa shape index (κ1) is 25.4. The molecule has 0 aliphatic carbocycles. The van der Waals surface area contributed by atoms with E-state index in [0.717, 1.165) is 35.4 Å². The summed E-state index contributed by atoms with van der Waals surface area (Å²) in [5.74, 6) is 1.16. The molecule has 7 nitrogen and oxygen atoms in total. The fourth-order valence-electron chi connectivity index (χ4n) is 4.86. The zero-order valence-electron chi connectivity index (χ0n) is 21.0. The van der Waals surface area contributed by atoms with Crippen molar-refractivity contribution in [2.24, 2.45) is 5.92 Å². The second-order valence-corrected chi connectivity index (χ2v) is 8.85. The minimum Gasteiger partial charge on any atom is -0.493 e. The molecule has 0 saturated carbocycles. The van der Waals surface area contributed by atoms with Crippen LogP contribution in [0.4, 0.5) is 0 Å². The number of aliphatic carboxylic acids is 1. The summed E-state index contributed by atoms with van der Waals surface area (Å²) in [5, 5.41) is 9.77. The third kappa shape index (κ3) is 5.57. The molecule has 0 spiro atoms. The van der Waals surface area contributed by atoms with Crippen LogP contribution < -0.4 is 18.9 Å². The topological polar surface area (TPSA) is 77.5 Å². The number of rotatable bonds is 10. The molecule has 2 unspecified atom stereocenters. The van der Waals surface area contributed by atoms with Crippen molar-refractivity contribution in [3.63, 3.8) is 0 Å². The molecule has 1 aliphatic heterocycles. The van der Waals surface area contributed by atoms with Crippen molar-refractivity contribution in [3.8, 4) is 23.0 Å². The van der Waals surface area contributed by atoms with Crippen LogP contribution in [0.2, 0.25) is 0 Å². The van der Waals surface area contributed by atoms with Crippen molar-refractivity contribution in [3.05, 3.63) is 83.4 Å². The van der Waals surface area contributed by atoms with Gasteiger partial charge in [0.1, 0.15) is 12.4 Å². The molecule has 4 rings (SSSR count). The largest absolute Gasteiger partial charge is 0.493 e. The molecule has 0 bridgehead atoms. The van der Waals surface area contributed by atoms with Gasteiger partial charge in [-0.05, 0) is 48.7 Å². The molecular formula is C29H33NO6. The van der Waals surface area contributed by atoms with Gasteiger partial charge in [-0.2, -0.15) is 0 Å². The number of hydrogen-bond acceptors (Lipinski definition) is 6. The highest BCUT2D eigenvalue weighted by Crippen LogP contribution is 2.44. The predicted molar refractivity (Wildman–Crippen MR) is 137 cm³/mol. The van der Waals surface area contributed by atoms with Gasteiger partial charge in [0.15, 0.2) is 11.5 Å². The Labute approximate surface area is 212 Å². The van der Waals surface area contributed by atoms with E-state index in [4.69, 9.17) is 18.9 Å². The average Bonchev–Trinajstić information content (AvgIpc) is 2.92. The maximum absolute atomic E-state index is 11.9. The molecule has 2 atom stereocenters. The molecule has 3 aromatic carbocycles. The number of carboxylic acids is 1. The van der Waals surface area contributed by atoms with Gasteiger partial charge < -0.3 is 24.1 Å². The van der Waals surface area contributed by atoms with Gasteiger partial charge in [-0.25, -0.2) is 0 Å². The lowest BCUT2D eigenvalue weighted by Gasteiger charge is -2.38. The summed E-state index contributed by atoms with van der Waals surface area (Å²) in [4.78, 5) is 14.1. The van der Waals surface area contributed by atoms with E-state index in [9.17, 15) is 9.90 Å².